The van der Waals surface area contributed by atoms with E-state index in [0.717, 1.165) is 35.3 Å². The van der Waals surface area contributed by atoms with E-state index in [-0.39, 0.29) is 25.1 Å². The lowest BCUT2D eigenvalue weighted by atomic mass is 9.89. The monoisotopic (exact) mass is 570 g/mol. The van der Waals surface area contributed by atoms with Crippen LogP contribution in [0.5, 0.6) is 0 Å². The SMILES string of the molecule is CC1CCc2c(sc3nc(C(C)C)nc(N4CCN(C(=O)c5cc(C(F)(F)F)cc(C(F)(F)F)c5)CC4)c23)C1. The lowest BCUT2D eigenvalue weighted by Gasteiger charge is -2.36. The first-order valence-corrected chi connectivity index (χ1v) is 13.7. The van der Waals surface area contributed by atoms with E-state index in [4.69, 9.17) is 9.97 Å². The van der Waals surface area contributed by atoms with Crippen molar-refractivity contribution in [1.82, 2.24) is 14.9 Å². The predicted octanol–water partition coefficient (Wildman–Crippen LogP) is 6.94. The molecule has 0 bridgehead atoms. The number of anilines is 1. The van der Waals surface area contributed by atoms with Gasteiger partial charge in [-0.25, -0.2) is 9.97 Å². The molecule has 0 radical (unpaired) electrons. The van der Waals surface area contributed by atoms with Gasteiger partial charge < -0.3 is 9.80 Å². The Morgan fingerprint density at radius 1 is 0.974 bits per heavy atom. The van der Waals surface area contributed by atoms with Gasteiger partial charge in [0.2, 0.25) is 0 Å². The highest BCUT2D eigenvalue weighted by atomic mass is 32.1. The van der Waals surface area contributed by atoms with Gasteiger partial charge in [0.15, 0.2) is 0 Å². The molecule has 1 atom stereocenters. The zero-order valence-electron chi connectivity index (χ0n) is 21.7. The van der Waals surface area contributed by atoms with E-state index in [2.05, 4.69) is 11.8 Å². The van der Waals surface area contributed by atoms with Crippen LogP contribution in [0.15, 0.2) is 18.2 Å². The van der Waals surface area contributed by atoms with E-state index in [1.807, 2.05) is 13.8 Å². The number of hydrogen-bond donors (Lipinski definition) is 0. The third-order valence-corrected chi connectivity index (χ3v) is 8.52. The molecule has 0 spiro atoms. The van der Waals surface area contributed by atoms with Gasteiger partial charge in [0.25, 0.3) is 5.91 Å². The van der Waals surface area contributed by atoms with Crippen molar-refractivity contribution in [2.45, 2.75) is 58.3 Å². The maximum atomic E-state index is 13.3. The first-order valence-electron chi connectivity index (χ1n) is 12.9. The molecule has 0 N–H and O–H groups in total. The summed E-state index contributed by atoms with van der Waals surface area (Å²) in [5, 5.41) is 1.03. The van der Waals surface area contributed by atoms with Gasteiger partial charge in [-0.3, -0.25) is 4.79 Å². The smallest absolute Gasteiger partial charge is 0.352 e. The molecule has 12 heteroatoms. The molecular formula is C27H28F6N4OS. The van der Waals surface area contributed by atoms with Gasteiger partial charge in [0.1, 0.15) is 16.5 Å². The van der Waals surface area contributed by atoms with Crippen molar-refractivity contribution in [1.29, 1.82) is 0 Å². The molecule has 3 heterocycles. The van der Waals surface area contributed by atoms with E-state index < -0.39 is 35.0 Å². The molecule has 1 aliphatic heterocycles. The second kappa shape index (κ2) is 9.94. The quantitative estimate of drug-likeness (QED) is 0.320. The van der Waals surface area contributed by atoms with Crippen LogP contribution in [0, 0.1) is 5.92 Å². The van der Waals surface area contributed by atoms with Crippen molar-refractivity contribution in [3.8, 4) is 0 Å². The molecule has 3 aromatic rings. The number of amides is 1. The number of hydrogen-bond acceptors (Lipinski definition) is 5. The highest BCUT2D eigenvalue weighted by molar-refractivity contribution is 7.19. The summed E-state index contributed by atoms with van der Waals surface area (Å²) in [5.41, 5.74) is -2.36. The summed E-state index contributed by atoms with van der Waals surface area (Å²) in [6, 6.07) is 1.01. The lowest BCUT2D eigenvalue weighted by Crippen LogP contribution is -2.49. The molecular weight excluding hydrogens is 542 g/mol. The number of alkyl halides is 6. The molecule has 2 aromatic heterocycles. The predicted molar refractivity (Wildman–Crippen MR) is 137 cm³/mol. The number of carbonyl (C=O) groups excluding carboxylic acids is 1. The summed E-state index contributed by atoms with van der Waals surface area (Å²) in [6.45, 7) is 7.24. The summed E-state index contributed by atoms with van der Waals surface area (Å²) < 4.78 is 79.8. The number of halogens is 6. The van der Waals surface area contributed by atoms with Gasteiger partial charge in [0, 0.05) is 42.5 Å². The average Bonchev–Trinajstić information content (AvgIpc) is 3.24. The Kier molecular flexibility index (Phi) is 7.05. The van der Waals surface area contributed by atoms with Crippen molar-refractivity contribution in [3.05, 3.63) is 51.2 Å². The van der Waals surface area contributed by atoms with Crippen molar-refractivity contribution >= 4 is 33.3 Å². The fraction of sp³-hybridized carbons (Fsp3) is 0.519. The third-order valence-electron chi connectivity index (χ3n) is 7.37. The third kappa shape index (κ3) is 5.44. The van der Waals surface area contributed by atoms with Crippen LogP contribution in [0.2, 0.25) is 0 Å². The van der Waals surface area contributed by atoms with Crippen LogP contribution >= 0.6 is 11.3 Å². The molecule has 5 nitrogen and oxygen atoms in total. The normalized spacial score (nSPS) is 18.7. The van der Waals surface area contributed by atoms with E-state index in [1.165, 1.54) is 15.3 Å². The first-order chi connectivity index (χ1) is 18.2. The topological polar surface area (TPSA) is 49.3 Å². The number of fused-ring (bicyclic) bond motifs is 3. The standard InChI is InChI=1S/C27H28F6N4OS/c1-14(2)22-34-23(21-19-5-4-15(3)10-20(19)39-24(21)35-22)36-6-8-37(9-7-36)25(38)16-11-17(26(28,29)30)13-18(12-16)27(31,32)33/h11-15H,4-10H2,1-3H3. The van der Waals surface area contributed by atoms with Gasteiger partial charge >= 0.3 is 12.4 Å². The summed E-state index contributed by atoms with van der Waals surface area (Å²) in [6.07, 6.45) is -7.03. The van der Waals surface area contributed by atoms with Crippen LogP contribution in [0.25, 0.3) is 10.2 Å². The average molecular weight is 571 g/mol. The van der Waals surface area contributed by atoms with Gasteiger partial charge in [-0.1, -0.05) is 20.8 Å². The van der Waals surface area contributed by atoms with Crippen molar-refractivity contribution in [3.63, 3.8) is 0 Å². The van der Waals surface area contributed by atoms with E-state index in [1.54, 1.807) is 11.3 Å². The fourth-order valence-electron chi connectivity index (χ4n) is 5.21. The van der Waals surface area contributed by atoms with Crippen LogP contribution in [-0.2, 0) is 25.2 Å². The molecule has 0 saturated carbocycles. The maximum Gasteiger partial charge on any atom is 0.416 e. The lowest BCUT2D eigenvalue weighted by molar-refractivity contribution is -0.143. The molecule has 39 heavy (non-hydrogen) atoms. The minimum Gasteiger partial charge on any atom is -0.352 e. The largest absolute Gasteiger partial charge is 0.416 e. The molecule has 1 unspecified atom stereocenters. The van der Waals surface area contributed by atoms with Crippen molar-refractivity contribution in [2.75, 3.05) is 31.1 Å². The number of benzene rings is 1. The number of aryl methyl sites for hydroxylation is 1. The van der Waals surface area contributed by atoms with Crippen LogP contribution in [-0.4, -0.2) is 47.0 Å². The summed E-state index contributed by atoms with van der Waals surface area (Å²) >= 11 is 1.70. The molecule has 5 rings (SSSR count). The molecule has 1 aliphatic carbocycles. The van der Waals surface area contributed by atoms with Gasteiger partial charge in [-0.15, -0.1) is 11.3 Å². The van der Waals surface area contributed by atoms with Crippen LogP contribution in [0.3, 0.4) is 0 Å². The van der Waals surface area contributed by atoms with Crippen LogP contribution in [0.1, 0.15) is 70.9 Å². The van der Waals surface area contributed by atoms with Crippen LogP contribution in [0.4, 0.5) is 32.2 Å². The molecule has 2 aliphatic rings. The second-order valence-electron chi connectivity index (χ2n) is 10.7. The van der Waals surface area contributed by atoms with E-state index >= 15 is 0 Å². The fourth-order valence-corrected chi connectivity index (χ4v) is 6.59. The molecule has 1 fully saturated rings. The molecule has 1 amide bonds. The number of carbonyl (C=O) groups is 1. The number of piperazine rings is 1. The molecule has 210 valence electrons. The van der Waals surface area contributed by atoms with Gasteiger partial charge in [-0.2, -0.15) is 26.3 Å². The zero-order chi connectivity index (χ0) is 28.3. The van der Waals surface area contributed by atoms with Crippen molar-refractivity contribution in [2.24, 2.45) is 5.92 Å². The first kappa shape index (κ1) is 27.7. The van der Waals surface area contributed by atoms with Gasteiger partial charge in [-0.05, 0) is 48.9 Å². The number of rotatable bonds is 3. The highest BCUT2D eigenvalue weighted by Crippen LogP contribution is 2.42. The Balaban J connectivity index is 1.43. The highest BCUT2D eigenvalue weighted by Gasteiger charge is 2.38. The minimum atomic E-state index is -5.01. The van der Waals surface area contributed by atoms with E-state index in [9.17, 15) is 31.1 Å². The second-order valence-corrected chi connectivity index (χ2v) is 11.7. The van der Waals surface area contributed by atoms with Gasteiger partial charge in [0.05, 0.1) is 16.5 Å². The Bertz CT molecular complexity index is 1370. The Hall–Kier alpha value is -2.89. The molecule has 1 aromatic carbocycles. The summed E-state index contributed by atoms with van der Waals surface area (Å²) in [7, 11) is 0. The minimum absolute atomic E-state index is 0.0314. The molecule has 1 saturated heterocycles. The number of nitrogens with zero attached hydrogens (tertiary/aromatic N) is 4. The number of thiophene rings is 1. The Morgan fingerprint density at radius 3 is 2.15 bits per heavy atom. The Morgan fingerprint density at radius 2 is 1.59 bits per heavy atom. The summed E-state index contributed by atoms with van der Waals surface area (Å²) in [5.74, 6) is 1.34. The Labute approximate surface area is 225 Å². The van der Waals surface area contributed by atoms with E-state index in [0.29, 0.717) is 37.0 Å². The zero-order valence-corrected chi connectivity index (χ0v) is 22.5. The number of aromatic nitrogens is 2. The van der Waals surface area contributed by atoms with Crippen LogP contribution < -0.4 is 4.90 Å². The summed E-state index contributed by atoms with van der Waals surface area (Å²) in [4.78, 5) is 28.4. The maximum absolute atomic E-state index is 13.3. The van der Waals surface area contributed by atoms with Crippen molar-refractivity contribution < 1.29 is 31.1 Å².